The minimum Gasteiger partial charge on any atom is -0.459 e. The number of nitrogens with one attached hydrogen (secondary N) is 1. The molecule has 0 aliphatic carbocycles. The average Bonchev–Trinajstić information content (AvgIpc) is 3.54. The zero-order valence-corrected chi connectivity index (χ0v) is 20.9. The van der Waals surface area contributed by atoms with E-state index in [0.29, 0.717) is 13.2 Å². The van der Waals surface area contributed by atoms with Crippen LogP contribution in [0.3, 0.4) is 0 Å². The van der Waals surface area contributed by atoms with Gasteiger partial charge < -0.3 is 29.4 Å². The number of esters is 1. The first kappa shape index (κ1) is 26.6. The first-order valence-corrected chi connectivity index (χ1v) is 12.2. The SMILES string of the molecule is CC(=O)O[C@@H](C)/C=C\C(=O)N[C@@H]1C[C@H](C)[C@H](C/C=C(C)/C=C/[C@H]2OCC[C@@]3(CO3)C2O)O[C@@H]1C. The Balaban J connectivity index is 1.45. The van der Waals surface area contributed by atoms with E-state index in [1.54, 1.807) is 13.0 Å². The van der Waals surface area contributed by atoms with E-state index in [2.05, 4.69) is 18.3 Å². The summed E-state index contributed by atoms with van der Waals surface area (Å²) in [5.41, 5.74) is 0.687. The predicted molar refractivity (Wildman–Crippen MR) is 127 cm³/mol. The molecule has 0 aromatic rings. The number of hydrogen-bond acceptors (Lipinski definition) is 7. The Morgan fingerprint density at radius 1 is 1.26 bits per heavy atom. The maximum Gasteiger partial charge on any atom is 0.303 e. The smallest absolute Gasteiger partial charge is 0.303 e. The Bertz CT molecular complexity index is 816. The third-order valence-electron chi connectivity index (χ3n) is 6.84. The predicted octanol–water partition coefficient (Wildman–Crippen LogP) is 2.60. The molecule has 1 unspecified atom stereocenters. The summed E-state index contributed by atoms with van der Waals surface area (Å²) < 4.78 is 22.4. The van der Waals surface area contributed by atoms with Crippen LogP contribution in [0.2, 0.25) is 0 Å². The van der Waals surface area contributed by atoms with Crippen LogP contribution in [0.5, 0.6) is 0 Å². The molecule has 3 heterocycles. The molecule has 1 spiro atoms. The van der Waals surface area contributed by atoms with Crippen molar-refractivity contribution < 1.29 is 33.6 Å². The van der Waals surface area contributed by atoms with Crippen molar-refractivity contribution in [2.24, 2.45) is 5.92 Å². The number of ether oxygens (including phenoxy) is 4. The van der Waals surface area contributed by atoms with Gasteiger partial charge in [0.05, 0.1) is 31.5 Å². The van der Waals surface area contributed by atoms with Crippen LogP contribution in [0.15, 0.2) is 36.0 Å². The lowest BCUT2D eigenvalue weighted by atomic mass is 9.88. The number of carbonyl (C=O) groups excluding carboxylic acids is 2. The maximum absolute atomic E-state index is 12.3. The van der Waals surface area contributed by atoms with Crippen LogP contribution < -0.4 is 5.32 Å². The molecule has 34 heavy (non-hydrogen) atoms. The van der Waals surface area contributed by atoms with E-state index >= 15 is 0 Å². The molecular formula is C26H39NO7. The van der Waals surface area contributed by atoms with Crippen LogP contribution in [0, 0.1) is 5.92 Å². The highest BCUT2D eigenvalue weighted by molar-refractivity contribution is 5.87. The molecule has 0 aromatic heterocycles. The molecule has 190 valence electrons. The first-order valence-electron chi connectivity index (χ1n) is 12.2. The summed E-state index contributed by atoms with van der Waals surface area (Å²) in [7, 11) is 0. The van der Waals surface area contributed by atoms with Gasteiger partial charge in [-0.2, -0.15) is 0 Å². The van der Waals surface area contributed by atoms with Crippen molar-refractivity contribution in [1.29, 1.82) is 0 Å². The normalized spacial score (nSPS) is 37.2. The van der Waals surface area contributed by atoms with Crippen LogP contribution in [0.25, 0.3) is 0 Å². The number of carbonyl (C=O) groups is 2. The Morgan fingerprint density at radius 3 is 2.68 bits per heavy atom. The van der Waals surface area contributed by atoms with Crippen molar-refractivity contribution in [2.45, 2.75) is 96.0 Å². The summed E-state index contributed by atoms with van der Waals surface area (Å²) in [5.74, 6) is -0.335. The third kappa shape index (κ3) is 7.25. The molecule has 3 aliphatic rings. The molecule has 1 amide bonds. The van der Waals surface area contributed by atoms with Gasteiger partial charge in [-0.3, -0.25) is 9.59 Å². The van der Waals surface area contributed by atoms with E-state index in [4.69, 9.17) is 18.9 Å². The highest BCUT2D eigenvalue weighted by Gasteiger charge is 2.55. The molecule has 3 fully saturated rings. The summed E-state index contributed by atoms with van der Waals surface area (Å²) in [6.07, 6.45) is 9.85. The minimum atomic E-state index is -0.625. The van der Waals surface area contributed by atoms with Gasteiger partial charge >= 0.3 is 5.97 Å². The Kier molecular flexibility index (Phi) is 9.09. The number of allylic oxidation sites excluding steroid dienone is 2. The molecule has 3 saturated heterocycles. The van der Waals surface area contributed by atoms with Crippen molar-refractivity contribution in [1.82, 2.24) is 5.32 Å². The molecule has 2 N–H and O–H groups in total. The lowest BCUT2D eigenvalue weighted by Gasteiger charge is -2.39. The van der Waals surface area contributed by atoms with Gasteiger partial charge in [0.25, 0.3) is 0 Å². The zero-order valence-electron chi connectivity index (χ0n) is 20.9. The van der Waals surface area contributed by atoms with Crippen molar-refractivity contribution in [3.8, 4) is 0 Å². The number of aliphatic hydroxyl groups is 1. The van der Waals surface area contributed by atoms with Crippen LogP contribution in [-0.4, -0.2) is 72.4 Å². The Labute approximate surface area is 202 Å². The molecule has 8 atom stereocenters. The Hall–Kier alpha value is -2.00. The molecule has 0 aromatic carbocycles. The van der Waals surface area contributed by atoms with Gasteiger partial charge in [-0.05, 0) is 45.6 Å². The molecule has 3 aliphatic heterocycles. The summed E-state index contributed by atoms with van der Waals surface area (Å²) in [6.45, 7) is 10.4. The van der Waals surface area contributed by atoms with Gasteiger partial charge in [0.15, 0.2) is 0 Å². The fourth-order valence-electron chi connectivity index (χ4n) is 4.56. The molecule has 0 saturated carbocycles. The van der Waals surface area contributed by atoms with E-state index < -0.39 is 17.8 Å². The van der Waals surface area contributed by atoms with Crippen molar-refractivity contribution in [3.63, 3.8) is 0 Å². The van der Waals surface area contributed by atoms with Crippen LogP contribution in [0.4, 0.5) is 0 Å². The van der Waals surface area contributed by atoms with Gasteiger partial charge in [0.2, 0.25) is 5.91 Å². The molecule has 8 nitrogen and oxygen atoms in total. The second-order valence-electron chi connectivity index (χ2n) is 9.81. The Morgan fingerprint density at radius 2 is 2.00 bits per heavy atom. The zero-order chi connectivity index (χ0) is 24.9. The summed E-state index contributed by atoms with van der Waals surface area (Å²) >= 11 is 0. The molecule has 0 bridgehead atoms. The number of aliphatic hydroxyl groups excluding tert-OH is 1. The number of epoxide rings is 1. The second-order valence-corrected chi connectivity index (χ2v) is 9.81. The van der Waals surface area contributed by atoms with Crippen LogP contribution in [-0.2, 0) is 28.5 Å². The van der Waals surface area contributed by atoms with Crippen molar-refractivity contribution in [2.75, 3.05) is 13.2 Å². The van der Waals surface area contributed by atoms with Crippen LogP contribution in [0.1, 0.15) is 53.9 Å². The van der Waals surface area contributed by atoms with E-state index in [1.807, 2.05) is 26.0 Å². The van der Waals surface area contributed by atoms with E-state index in [0.717, 1.165) is 24.8 Å². The van der Waals surface area contributed by atoms with E-state index in [1.165, 1.54) is 13.0 Å². The van der Waals surface area contributed by atoms with Gasteiger partial charge in [0.1, 0.15) is 23.9 Å². The number of amides is 1. The molecule has 8 heteroatoms. The molecule has 3 rings (SSSR count). The number of rotatable bonds is 8. The molecule has 0 radical (unpaired) electrons. The van der Waals surface area contributed by atoms with E-state index in [9.17, 15) is 14.7 Å². The fraction of sp³-hybridized carbons (Fsp3) is 0.692. The van der Waals surface area contributed by atoms with Crippen LogP contribution >= 0.6 is 0 Å². The fourth-order valence-corrected chi connectivity index (χ4v) is 4.56. The second kappa shape index (κ2) is 11.6. The summed E-state index contributed by atoms with van der Waals surface area (Å²) in [6, 6.07) is -0.0840. The topological polar surface area (TPSA) is 107 Å². The summed E-state index contributed by atoms with van der Waals surface area (Å²) in [5, 5.41) is 13.5. The summed E-state index contributed by atoms with van der Waals surface area (Å²) in [4.78, 5) is 23.2. The maximum atomic E-state index is 12.3. The lowest BCUT2D eigenvalue weighted by Crippen LogP contribution is -2.50. The highest BCUT2D eigenvalue weighted by atomic mass is 16.6. The number of hydrogen-bond donors (Lipinski definition) is 2. The first-order chi connectivity index (χ1) is 16.1. The van der Waals surface area contributed by atoms with Gasteiger partial charge in [0, 0.05) is 19.4 Å². The molecular weight excluding hydrogens is 438 g/mol. The quantitative estimate of drug-likeness (QED) is 0.240. The van der Waals surface area contributed by atoms with Crippen molar-refractivity contribution in [3.05, 3.63) is 36.0 Å². The lowest BCUT2D eigenvalue weighted by molar-refractivity contribution is -0.143. The van der Waals surface area contributed by atoms with E-state index in [-0.39, 0.29) is 42.1 Å². The van der Waals surface area contributed by atoms with Crippen molar-refractivity contribution >= 4 is 11.9 Å². The minimum absolute atomic E-state index is 0.0608. The third-order valence-corrected chi connectivity index (χ3v) is 6.84. The highest BCUT2D eigenvalue weighted by Crippen LogP contribution is 2.40. The van der Waals surface area contributed by atoms with Gasteiger partial charge in [-0.25, -0.2) is 0 Å². The average molecular weight is 478 g/mol. The van der Waals surface area contributed by atoms with Gasteiger partial charge in [-0.1, -0.05) is 30.7 Å². The standard InChI is InChI=1S/C26H39NO7/c1-16(7-10-23-25(30)26(15-32-26)12-13-31-23)6-9-22-17(2)14-21(19(4)34-22)27-24(29)11-8-18(3)33-20(5)28/h6-8,10-11,17-19,21-23,25,30H,9,12-15H2,1-5H3,(H,27,29)/b10-7+,11-8-,16-6+/t17-,18-,19+,21+,22-,23+,25?,26+/m0/s1. The largest absolute Gasteiger partial charge is 0.459 e. The van der Waals surface area contributed by atoms with Gasteiger partial charge in [-0.15, -0.1) is 0 Å². The monoisotopic (exact) mass is 477 g/mol.